The zero-order valence-corrected chi connectivity index (χ0v) is 11.9. The molecular weight excluding hydrogens is 262 g/mol. The molecule has 3 aromatic rings. The van der Waals surface area contributed by atoms with Gasteiger partial charge in [0.05, 0.1) is 5.56 Å². The fourth-order valence-electron chi connectivity index (χ4n) is 2.57. The predicted molar refractivity (Wildman–Crippen MR) is 82.9 cm³/mol. The number of nitrogens with one attached hydrogen (secondary N) is 1. The van der Waals surface area contributed by atoms with Crippen molar-refractivity contribution in [2.24, 2.45) is 0 Å². The Morgan fingerprint density at radius 3 is 2.38 bits per heavy atom. The average Bonchev–Trinajstić information content (AvgIpc) is 2.90. The number of H-pyrrole nitrogens is 1. The summed E-state index contributed by atoms with van der Waals surface area (Å²) in [6.07, 6.45) is 1.61. The number of para-hydroxylation sites is 1. The number of aryl methyl sites for hydroxylation is 2. The van der Waals surface area contributed by atoms with Gasteiger partial charge in [-0.3, -0.25) is 9.59 Å². The molecular formula is C18H15NO2. The lowest BCUT2D eigenvalue weighted by atomic mass is 9.96. The number of Topliss-reactive ketones (excluding diaryl/α,β-unsaturated/α-hetero) is 2. The molecule has 0 bridgehead atoms. The molecule has 0 unspecified atom stereocenters. The van der Waals surface area contributed by atoms with Gasteiger partial charge in [-0.1, -0.05) is 42.0 Å². The maximum absolute atomic E-state index is 12.5. The van der Waals surface area contributed by atoms with E-state index < -0.39 is 11.6 Å². The van der Waals surface area contributed by atoms with Crippen molar-refractivity contribution in [1.82, 2.24) is 4.98 Å². The van der Waals surface area contributed by atoms with Crippen LogP contribution in [0.25, 0.3) is 10.9 Å². The lowest BCUT2D eigenvalue weighted by Crippen LogP contribution is -2.15. The van der Waals surface area contributed by atoms with Gasteiger partial charge in [-0.2, -0.15) is 0 Å². The third-order valence-corrected chi connectivity index (χ3v) is 3.67. The molecule has 1 heterocycles. The summed E-state index contributed by atoms with van der Waals surface area (Å²) in [5.41, 5.74) is 3.65. The quantitative estimate of drug-likeness (QED) is 0.584. The van der Waals surface area contributed by atoms with Gasteiger partial charge in [0, 0.05) is 22.7 Å². The van der Waals surface area contributed by atoms with Crippen LogP contribution >= 0.6 is 0 Å². The van der Waals surface area contributed by atoms with Crippen molar-refractivity contribution >= 4 is 22.5 Å². The largest absolute Gasteiger partial charge is 0.360 e. The summed E-state index contributed by atoms with van der Waals surface area (Å²) in [6.45, 7) is 3.81. The van der Waals surface area contributed by atoms with E-state index in [1.54, 1.807) is 12.3 Å². The van der Waals surface area contributed by atoms with Gasteiger partial charge in [-0.05, 0) is 25.5 Å². The molecule has 0 spiro atoms. The first kappa shape index (κ1) is 13.3. The first-order valence-corrected chi connectivity index (χ1v) is 6.80. The molecule has 0 amide bonds. The summed E-state index contributed by atoms with van der Waals surface area (Å²) >= 11 is 0. The summed E-state index contributed by atoms with van der Waals surface area (Å²) in [5, 5.41) is 0.778. The molecule has 0 aliphatic rings. The zero-order chi connectivity index (χ0) is 15.0. The van der Waals surface area contributed by atoms with Crippen LogP contribution in [0.2, 0.25) is 0 Å². The van der Waals surface area contributed by atoms with E-state index in [4.69, 9.17) is 0 Å². The van der Waals surface area contributed by atoms with Crippen molar-refractivity contribution in [3.8, 4) is 0 Å². The Labute approximate surface area is 122 Å². The molecule has 3 nitrogen and oxygen atoms in total. The fourth-order valence-corrected chi connectivity index (χ4v) is 2.57. The Bertz CT molecular complexity index is 859. The van der Waals surface area contributed by atoms with Crippen LogP contribution in [0.15, 0.2) is 48.7 Å². The Morgan fingerprint density at radius 1 is 0.905 bits per heavy atom. The number of hydrogen-bond donors (Lipinski definition) is 1. The number of hydrogen-bond acceptors (Lipinski definition) is 2. The summed E-state index contributed by atoms with van der Waals surface area (Å²) < 4.78 is 0. The van der Waals surface area contributed by atoms with Gasteiger partial charge in [0.15, 0.2) is 0 Å². The maximum atomic E-state index is 12.5. The Morgan fingerprint density at radius 2 is 1.62 bits per heavy atom. The normalized spacial score (nSPS) is 10.8. The minimum atomic E-state index is -0.473. The highest BCUT2D eigenvalue weighted by molar-refractivity contribution is 6.51. The number of rotatable bonds is 3. The monoisotopic (exact) mass is 277 g/mol. The number of carbonyl (C=O) groups is 2. The highest BCUT2D eigenvalue weighted by atomic mass is 16.2. The van der Waals surface area contributed by atoms with E-state index in [1.165, 1.54) is 0 Å². The van der Waals surface area contributed by atoms with Crippen molar-refractivity contribution in [3.05, 3.63) is 70.9 Å². The van der Waals surface area contributed by atoms with Gasteiger partial charge in [-0.15, -0.1) is 0 Å². The molecule has 0 fully saturated rings. The van der Waals surface area contributed by atoms with E-state index >= 15 is 0 Å². The van der Waals surface area contributed by atoms with Gasteiger partial charge in [0.25, 0.3) is 0 Å². The van der Waals surface area contributed by atoms with Crippen molar-refractivity contribution in [2.75, 3.05) is 0 Å². The molecule has 3 rings (SSSR count). The summed E-state index contributed by atoms with van der Waals surface area (Å²) in [5.74, 6) is -0.934. The van der Waals surface area contributed by atoms with Crippen LogP contribution in [0.4, 0.5) is 0 Å². The molecule has 21 heavy (non-hydrogen) atoms. The maximum Gasteiger partial charge on any atom is 0.235 e. The van der Waals surface area contributed by atoms with Gasteiger partial charge >= 0.3 is 0 Å². The second-order valence-electron chi connectivity index (χ2n) is 5.22. The summed E-state index contributed by atoms with van der Waals surface area (Å²) in [4.78, 5) is 28.0. The minimum absolute atomic E-state index is 0.426. The van der Waals surface area contributed by atoms with E-state index in [9.17, 15) is 9.59 Å². The number of carbonyl (C=O) groups excluding carboxylic acids is 2. The third-order valence-electron chi connectivity index (χ3n) is 3.67. The molecule has 3 heteroatoms. The van der Waals surface area contributed by atoms with E-state index in [0.717, 1.165) is 22.0 Å². The van der Waals surface area contributed by atoms with Crippen molar-refractivity contribution < 1.29 is 9.59 Å². The van der Waals surface area contributed by atoms with Crippen LogP contribution in [-0.4, -0.2) is 16.6 Å². The van der Waals surface area contributed by atoms with Crippen LogP contribution < -0.4 is 0 Å². The molecule has 1 aromatic heterocycles. The molecule has 104 valence electrons. The topological polar surface area (TPSA) is 49.9 Å². The summed E-state index contributed by atoms with van der Waals surface area (Å²) in [6, 6.07) is 13.0. The zero-order valence-electron chi connectivity index (χ0n) is 11.9. The van der Waals surface area contributed by atoms with Gasteiger partial charge in [-0.25, -0.2) is 0 Å². The standard InChI is InChI=1S/C18H15NO2/c1-11-7-8-13(12(2)9-11)17(20)18(21)15-10-19-16-6-4-3-5-14(15)16/h3-10,19H,1-2H3. The number of aromatic amines is 1. The third kappa shape index (κ3) is 2.27. The molecule has 0 saturated heterocycles. The number of aromatic nitrogens is 1. The fraction of sp³-hybridized carbons (Fsp3) is 0.111. The van der Waals surface area contributed by atoms with E-state index in [2.05, 4.69) is 4.98 Å². The van der Waals surface area contributed by atoms with Crippen LogP contribution in [0.1, 0.15) is 31.8 Å². The molecule has 0 aliphatic carbocycles. The molecule has 0 saturated carbocycles. The highest BCUT2D eigenvalue weighted by Crippen LogP contribution is 2.21. The minimum Gasteiger partial charge on any atom is -0.360 e. The lowest BCUT2D eigenvalue weighted by Gasteiger charge is -2.05. The Hall–Kier alpha value is -2.68. The van der Waals surface area contributed by atoms with Crippen LogP contribution in [-0.2, 0) is 0 Å². The van der Waals surface area contributed by atoms with Crippen LogP contribution in [0.3, 0.4) is 0 Å². The first-order chi connectivity index (χ1) is 10.1. The Kier molecular flexibility index (Phi) is 3.18. The second-order valence-corrected chi connectivity index (χ2v) is 5.22. The molecule has 1 N–H and O–H groups in total. The Balaban J connectivity index is 2.03. The number of benzene rings is 2. The molecule has 0 radical (unpaired) electrons. The smallest absolute Gasteiger partial charge is 0.235 e. The summed E-state index contributed by atoms with van der Waals surface area (Å²) in [7, 11) is 0. The highest BCUT2D eigenvalue weighted by Gasteiger charge is 2.22. The average molecular weight is 277 g/mol. The molecule has 0 atom stereocenters. The van der Waals surface area contributed by atoms with Crippen molar-refractivity contribution in [3.63, 3.8) is 0 Å². The predicted octanol–water partition coefficient (Wildman–Crippen LogP) is 3.85. The van der Waals surface area contributed by atoms with E-state index in [-0.39, 0.29) is 0 Å². The number of ketones is 2. The second kappa shape index (κ2) is 5.02. The molecule has 0 aliphatic heterocycles. The molecule has 2 aromatic carbocycles. The van der Waals surface area contributed by atoms with Gasteiger partial charge in [0.1, 0.15) is 0 Å². The van der Waals surface area contributed by atoms with Crippen LogP contribution in [0.5, 0.6) is 0 Å². The van der Waals surface area contributed by atoms with Crippen molar-refractivity contribution in [1.29, 1.82) is 0 Å². The SMILES string of the molecule is Cc1ccc(C(=O)C(=O)c2c[nH]c3ccccc23)c(C)c1. The van der Waals surface area contributed by atoms with E-state index in [0.29, 0.717) is 11.1 Å². The van der Waals surface area contributed by atoms with Gasteiger partial charge in [0.2, 0.25) is 11.6 Å². The van der Waals surface area contributed by atoms with Crippen molar-refractivity contribution in [2.45, 2.75) is 13.8 Å². The van der Waals surface area contributed by atoms with Gasteiger partial charge < -0.3 is 4.98 Å². The first-order valence-electron chi connectivity index (χ1n) is 6.80. The van der Waals surface area contributed by atoms with Crippen LogP contribution in [0, 0.1) is 13.8 Å². The lowest BCUT2D eigenvalue weighted by molar-refractivity contribution is 0.0817. The van der Waals surface area contributed by atoms with E-state index in [1.807, 2.05) is 50.2 Å². The number of fused-ring (bicyclic) bond motifs is 1.